The largest absolute Gasteiger partial charge is 0.358 e. The lowest BCUT2D eigenvalue weighted by Crippen LogP contribution is -2.42. The van der Waals surface area contributed by atoms with Crippen LogP contribution in [-0.2, 0) is 0 Å². The Balaban J connectivity index is 1.67. The number of fused-ring (bicyclic) bond motifs is 1. The molecule has 0 atom stereocenters. The molecule has 20 heavy (non-hydrogen) atoms. The zero-order valence-corrected chi connectivity index (χ0v) is 11.3. The number of likely N-dealkylation sites (tertiary alicyclic amines) is 1. The molecule has 0 spiro atoms. The van der Waals surface area contributed by atoms with Crippen LogP contribution in [0.25, 0.3) is 0 Å². The van der Waals surface area contributed by atoms with Crippen LogP contribution < -0.4 is 10.6 Å². The zero-order valence-electron chi connectivity index (χ0n) is 11.3. The molecule has 1 fully saturated rings. The molecule has 5 nitrogen and oxygen atoms in total. The summed E-state index contributed by atoms with van der Waals surface area (Å²) in [5, 5.41) is 6.01. The molecule has 1 saturated heterocycles. The fourth-order valence-electron chi connectivity index (χ4n) is 2.42. The maximum Gasteiger partial charge on any atom is 0.323 e. The first-order chi connectivity index (χ1) is 9.83. The van der Waals surface area contributed by atoms with Crippen molar-refractivity contribution < 1.29 is 4.79 Å². The highest BCUT2D eigenvalue weighted by atomic mass is 16.2. The van der Waals surface area contributed by atoms with Crippen molar-refractivity contribution in [2.75, 3.05) is 18.4 Å². The summed E-state index contributed by atoms with van der Waals surface area (Å²) in [5.74, 6) is 0.539. The number of carbonyl (C=O) groups excluding carboxylic acids is 1. The predicted octanol–water partition coefficient (Wildman–Crippen LogP) is 2.53. The van der Waals surface area contributed by atoms with E-state index in [0.717, 1.165) is 37.2 Å². The monoisotopic (exact) mass is 270 g/mol. The molecule has 0 saturated carbocycles. The van der Waals surface area contributed by atoms with Crippen molar-refractivity contribution in [2.45, 2.75) is 19.3 Å². The highest BCUT2D eigenvalue weighted by Crippen LogP contribution is 2.16. The second-order valence-corrected chi connectivity index (χ2v) is 5.00. The van der Waals surface area contributed by atoms with Crippen LogP contribution in [0.3, 0.4) is 0 Å². The molecule has 0 unspecified atom stereocenters. The minimum Gasteiger partial charge on any atom is -0.358 e. The standard InChI is InChI=1S/C15H18N4O/c20-15(19-8-4-1-5-9-19)18-14-11-16-13-7-3-2-6-12(13)10-17-14/h2-3,6-7,10-11,16H,1,4-5,8-9H2,(H,18,20). The van der Waals surface area contributed by atoms with E-state index in [4.69, 9.17) is 0 Å². The van der Waals surface area contributed by atoms with E-state index in [-0.39, 0.29) is 6.03 Å². The van der Waals surface area contributed by atoms with Gasteiger partial charge in [0, 0.05) is 36.8 Å². The number of amides is 2. The number of benzene rings is 1. The summed E-state index contributed by atoms with van der Waals surface area (Å²) < 4.78 is 0. The number of hydrogen-bond acceptors (Lipinski definition) is 3. The Morgan fingerprint density at radius 1 is 1.20 bits per heavy atom. The van der Waals surface area contributed by atoms with Crippen LogP contribution in [0.5, 0.6) is 0 Å². The van der Waals surface area contributed by atoms with E-state index in [0.29, 0.717) is 5.82 Å². The summed E-state index contributed by atoms with van der Waals surface area (Å²) in [7, 11) is 0. The van der Waals surface area contributed by atoms with Gasteiger partial charge in [0.15, 0.2) is 0 Å². The lowest BCUT2D eigenvalue weighted by Gasteiger charge is -2.26. The van der Waals surface area contributed by atoms with Crippen LogP contribution in [0, 0.1) is 0 Å². The molecule has 0 aromatic heterocycles. The summed E-state index contributed by atoms with van der Waals surface area (Å²) in [6.45, 7) is 1.66. The first kappa shape index (κ1) is 12.7. The Kier molecular flexibility index (Phi) is 3.67. The first-order valence-corrected chi connectivity index (χ1v) is 6.99. The van der Waals surface area contributed by atoms with Gasteiger partial charge in [-0.3, -0.25) is 5.32 Å². The number of urea groups is 1. The molecule has 2 amide bonds. The van der Waals surface area contributed by atoms with Crippen molar-refractivity contribution in [2.24, 2.45) is 4.99 Å². The van der Waals surface area contributed by atoms with E-state index in [1.54, 1.807) is 12.4 Å². The maximum atomic E-state index is 12.1. The average Bonchev–Trinajstić information content (AvgIpc) is 2.71. The SMILES string of the molecule is O=C(NC1=CNc2ccccc2C=N1)N1CCCCC1. The van der Waals surface area contributed by atoms with Gasteiger partial charge in [0.1, 0.15) is 5.82 Å². The summed E-state index contributed by atoms with van der Waals surface area (Å²) in [6, 6.07) is 7.82. The minimum absolute atomic E-state index is 0.0687. The number of piperidine rings is 1. The number of para-hydroxylation sites is 1. The average molecular weight is 270 g/mol. The van der Waals surface area contributed by atoms with Gasteiger partial charge in [-0.15, -0.1) is 0 Å². The first-order valence-electron chi connectivity index (χ1n) is 6.99. The maximum absolute atomic E-state index is 12.1. The number of aliphatic imine (C=N–C) groups is 1. The van der Waals surface area contributed by atoms with E-state index in [2.05, 4.69) is 15.6 Å². The molecule has 0 aliphatic carbocycles. The summed E-state index contributed by atoms with van der Waals surface area (Å²) in [4.78, 5) is 18.3. The molecule has 0 radical (unpaired) electrons. The van der Waals surface area contributed by atoms with E-state index >= 15 is 0 Å². The Hall–Kier alpha value is -2.30. The van der Waals surface area contributed by atoms with Gasteiger partial charge in [-0.1, -0.05) is 18.2 Å². The Morgan fingerprint density at radius 2 is 2.00 bits per heavy atom. The zero-order chi connectivity index (χ0) is 13.8. The molecule has 104 valence electrons. The van der Waals surface area contributed by atoms with Crippen LogP contribution in [0.2, 0.25) is 0 Å². The Bertz CT molecular complexity index is 559. The molecule has 1 aromatic carbocycles. The fraction of sp³-hybridized carbons (Fsp3) is 0.333. The van der Waals surface area contributed by atoms with Crippen molar-refractivity contribution in [3.63, 3.8) is 0 Å². The third-order valence-electron chi connectivity index (χ3n) is 3.55. The van der Waals surface area contributed by atoms with E-state index in [1.165, 1.54) is 6.42 Å². The van der Waals surface area contributed by atoms with Gasteiger partial charge in [-0.05, 0) is 25.3 Å². The normalized spacial score (nSPS) is 17.6. The Morgan fingerprint density at radius 3 is 2.85 bits per heavy atom. The number of anilines is 1. The molecule has 2 N–H and O–H groups in total. The minimum atomic E-state index is -0.0687. The van der Waals surface area contributed by atoms with Crippen LogP contribution in [0.4, 0.5) is 10.5 Å². The quantitative estimate of drug-likeness (QED) is 0.824. The van der Waals surface area contributed by atoms with Gasteiger partial charge in [0.2, 0.25) is 0 Å². The summed E-state index contributed by atoms with van der Waals surface area (Å²) >= 11 is 0. The van der Waals surface area contributed by atoms with Gasteiger partial charge in [0.05, 0.1) is 0 Å². The van der Waals surface area contributed by atoms with Gasteiger partial charge in [-0.25, -0.2) is 9.79 Å². The smallest absolute Gasteiger partial charge is 0.323 e. The highest BCUT2D eigenvalue weighted by molar-refractivity contribution is 5.90. The highest BCUT2D eigenvalue weighted by Gasteiger charge is 2.17. The molecule has 2 aliphatic rings. The summed E-state index contributed by atoms with van der Waals surface area (Å²) in [6.07, 6.45) is 6.86. The lowest BCUT2D eigenvalue weighted by atomic mass is 10.1. The number of carbonyl (C=O) groups is 1. The van der Waals surface area contributed by atoms with Gasteiger partial charge >= 0.3 is 6.03 Å². The van der Waals surface area contributed by atoms with Crippen molar-refractivity contribution in [3.05, 3.63) is 41.8 Å². The third-order valence-corrected chi connectivity index (χ3v) is 3.55. The number of nitrogens with zero attached hydrogens (tertiary/aromatic N) is 2. The number of hydrogen-bond donors (Lipinski definition) is 2. The van der Waals surface area contributed by atoms with Crippen molar-refractivity contribution in [1.82, 2.24) is 10.2 Å². The number of nitrogens with one attached hydrogen (secondary N) is 2. The predicted molar refractivity (Wildman–Crippen MR) is 79.7 cm³/mol. The molecule has 5 heteroatoms. The van der Waals surface area contributed by atoms with Crippen molar-refractivity contribution >= 4 is 17.9 Å². The Labute approximate surface area is 118 Å². The molecule has 3 rings (SSSR count). The van der Waals surface area contributed by atoms with Crippen LogP contribution >= 0.6 is 0 Å². The van der Waals surface area contributed by atoms with Crippen molar-refractivity contribution in [3.8, 4) is 0 Å². The van der Waals surface area contributed by atoms with E-state index < -0.39 is 0 Å². The molecule has 2 heterocycles. The molecular weight excluding hydrogens is 252 g/mol. The summed E-state index contributed by atoms with van der Waals surface area (Å²) in [5.41, 5.74) is 1.99. The topological polar surface area (TPSA) is 56.7 Å². The molecule has 1 aromatic rings. The van der Waals surface area contributed by atoms with Crippen LogP contribution in [0.1, 0.15) is 24.8 Å². The van der Waals surface area contributed by atoms with Crippen LogP contribution in [-0.4, -0.2) is 30.2 Å². The van der Waals surface area contributed by atoms with Crippen LogP contribution in [0.15, 0.2) is 41.3 Å². The number of rotatable bonds is 1. The second-order valence-electron chi connectivity index (χ2n) is 5.00. The van der Waals surface area contributed by atoms with E-state index in [1.807, 2.05) is 29.2 Å². The molecule has 2 aliphatic heterocycles. The van der Waals surface area contributed by atoms with Gasteiger partial charge < -0.3 is 10.2 Å². The fourth-order valence-corrected chi connectivity index (χ4v) is 2.42. The lowest BCUT2D eigenvalue weighted by molar-refractivity contribution is 0.189. The van der Waals surface area contributed by atoms with Gasteiger partial charge in [-0.2, -0.15) is 0 Å². The third kappa shape index (κ3) is 2.82. The van der Waals surface area contributed by atoms with Crippen molar-refractivity contribution in [1.29, 1.82) is 0 Å². The molecule has 0 bridgehead atoms. The second kappa shape index (κ2) is 5.77. The van der Waals surface area contributed by atoms with Gasteiger partial charge in [0.25, 0.3) is 0 Å². The molecular formula is C15H18N4O. The van der Waals surface area contributed by atoms with E-state index in [9.17, 15) is 4.79 Å².